The number of hydrogen-bond donors (Lipinski definition) is 1. The first kappa shape index (κ1) is 17.0. The molecular weight excluding hydrogens is 362 g/mol. The van der Waals surface area contributed by atoms with Crippen LogP contribution >= 0.6 is 22.7 Å². The van der Waals surface area contributed by atoms with E-state index in [1.807, 2.05) is 18.2 Å². The van der Waals surface area contributed by atoms with Gasteiger partial charge in [-0.05, 0) is 44.0 Å². The molecule has 0 unspecified atom stereocenters. The fourth-order valence-corrected chi connectivity index (χ4v) is 4.82. The van der Waals surface area contributed by atoms with Gasteiger partial charge in [0, 0.05) is 17.0 Å². The smallest absolute Gasteiger partial charge is 0.190 e. The van der Waals surface area contributed by atoms with Gasteiger partial charge in [0.15, 0.2) is 10.3 Å². The highest BCUT2D eigenvalue weighted by Crippen LogP contribution is 2.34. The highest BCUT2D eigenvalue weighted by molar-refractivity contribution is 7.22. The first-order valence-electron chi connectivity index (χ1n) is 8.29. The Labute approximate surface area is 160 Å². The summed E-state index contributed by atoms with van der Waals surface area (Å²) in [6, 6.07) is 10.3. The highest BCUT2D eigenvalue weighted by Gasteiger charge is 2.12. The number of aryl methyl sites for hydroxylation is 3. The number of aromatic nitrogens is 2. The number of nitrogens with zero attached hydrogens (tertiary/aromatic N) is 2. The van der Waals surface area contributed by atoms with E-state index >= 15 is 0 Å². The van der Waals surface area contributed by atoms with Crippen LogP contribution in [-0.2, 0) is 0 Å². The molecule has 0 atom stereocenters. The predicted molar refractivity (Wildman–Crippen MR) is 111 cm³/mol. The van der Waals surface area contributed by atoms with Gasteiger partial charge >= 0.3 is 0 Å². The second-order valence-electron chi connectivity index (χ2n) is 6.29. The number of hydrogen-bond acceptors (Lipinski definition) is 6. The molecule has 2 aromatic carbocycles. The average molecular weight is 382 g/mol. The number of rotatable bonds is 4. The molecular formula is C20H19N3OS2. The van der Waals surface area contributed by atoms with Crippen molar-refractivity contribution in [3.63, 3.8) is 0 Å². The number of thiazole rings is 2. The van der Waals surface area contributed by atoms with Gasteiger partial charge in [-0.2, -0.15) is 0 Å². The summed E-state index contributed by atoms with van der Waals surface area (Å²) in [5.41, 5.74) is 6.95. The van der Waals surface area contributed by atoms with Crippen molar-refractivity contribution >= 4 is 43.2 Å². The second-order valence-corrected chi connectivity index (χ2v) is 8.18. The van der Waals surface area contributed by atoms with Crippen LogP contribution in [0.25, 0.3) is 21.5 Å². The third-order valence-electron chi connectivity index (χ3n) is 4.25. The zero-order valence-corrected chi connectivity index (χ0v) is 16.7. The maximum atomic E-state index is 5.27. The van der Waals surface area contributed by atoms with Crippen molar-refractivity contribution in [2.24, 2.45) is 0 Å². The summed E-state index contributed by atoms with van der Waals surface area (Å²) in [6.45, 7) is 6.41. The minimum Gasteiger partial charge on any atom is -0.497 e. The first-order valence-corrected chi connectivity index (χ1v) is 9.98. The SMILES string of the molecule is COc1ccc2sc(Nc3nc(-c4c(C)cc(C)cc4C)cs3)nc2c1. The van der Waals surface area contributed by atoms with Crippen molar-refractivity contribution in [3.8, 4) is 17.0 Å². The lowest BCUT2D eigenvalue weighted by molar-refractivity contribution is 0.415. The molecule has 0 aliphatic carbocycles. The molecule has 132 valence electrons. The monoisotopic (exact) mass is 381 g/mol. The van der Waals surface area contributed by atoms with Crippen LogP contribution in [0.3, 0.4) is 0 Å². The van der Waals surface area contributed by atoms with E-state index in [4.69, 9.17) is 9.72 Å². The Balaban J connectivity index is 1.63. The topological polar surface area (TPSA) is 47.0 Å². The Hall–Kier alpha value is -2.44. The Bertz CT molecular complexity index is 1070. The zero-order chi connectivity index (χ0) is 18.3. The summed E-state index contributed by atoms with van der Waals surface area (Å²) in [5.74, 6) is 0.816. The molecule has 0 amide bonds. The number of methoxy groups -OCH3 is 1. The van der Waals surface area contributed by atoms with Crippen LogP contribution in [0.2, 0.25) is 0 Å². The Morgan fingerprint density at radius 1 is 0.962 bits per heavy atom. The van der Waals surface area contributed by atoms with Gasteiger partial charge < -0.3 is 10.1 Å². The molecule has 0 spiro atoms. The van der Waals surface area contributed by atoms with Crippen LogP contribution < -0.4 is 10.1 Å². The van der Waals surface area contributed by atoms with E-state index in [0.29, 0.717) is 0 Å². The summed E-state index contributed by atoms with van der Waals surface area (Å²) in [7, 11) is 1.67. The number of benzene rings is 2. The van der Waals surface area contributed by atoms with E-state index < -0.39 is 0 Å². The molecule has 4 aromatic rings. The summed E-state index contributed by atoms with van der Waals surface area (Å²) >= 11 is 3.21. The molecule has 0 saturated carbocycles. The number of ether oxygens (including phenoxy) is 1. The Morgan fingerprint density at radius 3 is 2.46 bits per heavy atom. The molecule has 0 radical (unpaired) electrons. The summed E-state index contributed by atoms with van der Waals surface area (Å²) in [6.07, 6.45) is 0. The molecule has 4 nitrogen and oxygen atoms in total. The van der Waals surface area contributed by atoms with Crippen LogP contribution in [0, 0.1) is 20.8 Å². The standard InChI is InChI=1S/C20H19N3OS2/c1-11-7-12(2)18(13(3)8-11)16-10-25-19(22-16)23-20-21-15-9-14(24-4)5-6-17(15)26-20/h5-10H,1-4H3,(H,21,22,23). The molecule has 0 aliphatic heterocycles. The quantitative estimate of drug-likeness (QED) is 0.464. The van der Waals surface area contributed by atoms with Crippen molar-refractivity contribution in [1.29, 1.82) is 0 Å². The fourth-order valence-electron chi connectivity index (χ4n) is 3.21. The largest absolute Gasteiger partial charge is 0.497 e. The highest BCUT2D eigenvalue weighted by atomic mass is 32.1. The van der Waals surface area contributed by atoms with Crippen molar-refractivity contribution in [2.45, 2.75) is 20.8 Å². The zero-order valence-electron chi connectivity index (χ0n) is 15.1. The summed E-state index contributed by atoms with van der Waals surface area (Å²) in [5, 5.41) is 7.14. The molecule has 1 N–H and O–H groups in total. The van der Waals surface area contributed by atoms with Crippen LogP contribution in [0.15, 0.2) is 35.7 Å². The third kappa shape index (κ3) is 3.18. The number of fused-ring (bicyclic) bond motifs is 1. The summed E-state index contributed by atoms with van der Waals surface area (Å²) in [4.78, 5) is 9.42. The van der Waals surface area contributed by atoms with Gasteiger partial charge in [-0.1, -0.05) is 29.0 Å². The average Bonchev–Trinajstić information content (AvgIpc) is 3.19. The van der Waals surface area contributed by atoms with Crippen LogP contribution in [0.5, 0.6) is 5.75 Å². The van der Waals surface area contributed by atoms with Crippen molar-refractivity contribution in [1.82, 2.24) is 9.97 Å². The van der Waals surface area contributed by atoms with Crippen LogP contribution in [0.1, 0.15) is 16.7 Å². The molecule has 2 aromatic heterocycles. The molecule has 0 fully saturated rings. The van der Waals surface area contributed by atoms with Gasteiger partial charge in [0.25, 0.3) is 0 Å². The van der Waals surface area contributed by atoms with Crippen LogP contribution in [0.4, 0.5) is 10.3 Å². The lowest BCUT2D eigenvalue weighted by atomic mass is 9.98. The van der Waals surface area contributed by atoms with E-state index in [1.165, 1.54) is 22.3 Å². The lowest BCUT2D eigenvalue weighted by Gasteiger charge is -2.08. The Morgan fingerprint density at radius 2 is 1.73 bits per heavy atom. The Kier molecular flexibility index (Phi) is 4.38. The summed E-state index contributed by atoms with van der Waals surface area (Å²) < 4.78 is 6.39. The molecule has 0 aliphatic rings. The molecule has 4 rings (SSSR count). The van der Waals surface area contributed by atoms with Crippen molar-refractivity contribution < 1.29 is 4.74 Å². The van der Waals surface area contributed by atoms with Crippen LogP contribution in [-0.4, -0.2) is 17.1 Å². The van der Waals surface area contributed by atoms with Gasteiger partial charge in [-0.15, -0.1) is 11.3 Å². The van der Waals surface area contributed by atoms with E-state index in [2.05, 4.69) is 48.6 Å². The van der Waals surface area contributed by atoms with E-state index in [1.54, 1.807) is 29.8 Å². The maximum Gasteiger partial charge on any atom is 0.190 e. The lowest BCUT2D eigenvalue weighted by Crippen LogP contribution is -1.92. The van der Waals surface area contributed by atoms with Gasteiger partial charge in [-0.3, -0.25) is 0 Å². The fraction of sp³-hybridized carbons (Fsp3) is 0.200. The molecule has 0 saturated heterocycles. The van der Waals surface area contributed by atoms with Crippen molar-refractivity contribution in [2.75, 3.05) is 12.4 Å². The normalized spacial score (nSPS) is 11.1. The van der Waals surface area contributed by atoms with Gasteiger partial charge in [0.2, 0.25) is 0 Å². The van der Waals surface area contributed by atoms with Gasteiger partial charge in [0.1, 0.15) is 5.75 Å². The minimum atomic E-state index is 0.816. The predicted octanol–water partition coefficient (Wildman–Crippen LogP) is 6.10. The van der Waals surface area contributed by atoms with E-state index in [9.17, 15) is 0 Å². The maximum absolute atomic E-state index is 5.27. The van der Waals surface area contributed by atoms with Gasteiger partial charge in [0.05, 0.1) is 23.0 Å². The minimum absolute atomic E-state index is 0.816. The van der Waals surface area contributed by atoms with Gasteiger partial charge in [-0.25, -0.2) is 9.97 Å². The first-order chi connectivity index (χ1) is 12.5. The molecule has 26 heavy (non-hydrogen) atoms. The van der Waals surface area contributed by atoms with E-state index in [0.717, 1.165) is 31.9 Å². The molecule has 6 heteroatoms. The third-order valence-corrected chi connectivity index (χ3v) is 5.96. The molecule has 2 heterocycles. The second kappa shape index (κ2) is 6.70. The van der Waals surface area contributed by atoms with Crippen molar-refractivity contribution in [3.05, 3.63) is 52.4 Å². The van der Waals surface area contributed by atoms with E-state index in [-0.39, 0.29) is 0 Å². The number of anilines is 2. The molecule has 0 bridgehead atoms. The number of nitrogens with one attached hydrogen (secondary N) is 1.